The summed E-state index contributed by atoms with van der Waals surface area (Å²) in [6.45, 7) is 8.36. The molecule has 0 spiro atoms. The summed E-state index contributed by atoms with van der Waals surface area (Å²) >= 11 is 0. The number of pyridine rings is 2. The number of rotatable bonds is 5. The van der Waals surface area contributed by atoms with Crippen molar-refractivity contribution in [1.29, 1.82) is 0 Å². The molecule has 4 heterocycles. The van der Waals surface area contributed by atoms with E-state index in [1.807, 2.05) is 27.7 Å². The summed E-state index contributed by atoms with van der Waals surface area (Å²) in [6, 6.07) is 1.75. The normalized spacial score (nSPS) is 25.9. The highest BCUT2D eigenvalue weighted by atomic mass is 16.5. The molecule has 8 nitrogen and oxygen atoms in total. The van der Waals surface area contributed by atoms with E-state index in [2.05, 4.69) is 9.97 Å². The Hall–Kier alpha value is -2.84. The zero-order valence-electron chi connectivity index (χ0n) is 19.3. The second-order valence-electron chi connectivity index (χ2n) is 8.51. The van der Waals surface area contributed by atoms with Crippen LogP contribution in [0.2, 0.25) is 0 Å². The van der Waals surface area contributed by atoms with Crippen LogP contribution < -0.4 is 0 Å². The van der Waals surface area contributed by atoms with Gasteiger partial charge >= 0.3 is 11.9 Å². The van der Waals surface area contributed by atoms with E-state index in [1.165, 1.54) is 14.2 Å². The summed E-state index contributed by atoms with van der Waals surface area (Å²) in [5.41, 5.74) is 3.51. The number of carbonyl (C=O) groups is 2. The summed E-state index contributed by atoms with van der Waals surface area (Å²) in [4.78, 5) is 33.2. The van der Waals surface area contributed by atoms with Crippen molar-refractivity contribution in [3.05, 3.63) is 57.7 Å². The Morgan fingerprint density at radius 3 is 2.31 bits per heavy atom. The summed E-state index contributed by atoms with van der Waals surface area (Å²) in [5, 5.41) is 0. The van der Waals surface area contributed by atoms with Crippen LogP contribution in [0.4, 0.5) is 0 Å². The number of hydrogen-bond acceptors (Lipinski definition) is 8. The van der Waals surface area contributed by atoms with Gasteiger partial charge in [0.1, 0.15) is 11.8 Å². The maximum absolute atomic E-state index is 12.4. The van der Waals surface area contributed by atoms with Gasteiger partial charge in [-0.1, -0.05) is 13.8 Å². The van der Waals surface area contributed by atoms with Gasteiger partial charge in [0.15, 0.2) is 5.69 Å². The third-order valence-corrected chi connectivity index (χ3v) is 6.84. The first-order valence-electron chi connectivity index (χ1n) is 10.7. The van der Waals surface area contributed by atoms with Crippen LogP contribution in [0, 0.1) is 0 Å². The average Bonchev–Trinajstić information content (AvgIpc) is 3.33. The van der Waals surface area contributed by atoms with Crippen LogP contribution >= 0.6 is 0 Å². The van der Waals surface area contributed by atoms with Crippen LogP contribution in [0.1, 0.15) is 95.4 Å². The fourth-order valence-corrected chi connectivity index (χ4v) is 4.63. The van der Waals surface area contributed by atoms with Gasteiger partial charge in [-0.2, -0.15) is 0 Å². The van der Waals surface area contributed by atoms with Crippen molar-refractivity contribution in [3.8, 4) is 0 Å². The van der Waals surface area contributed by atoms with Gasteiger partial charge in [0.2, 0.25) is 0 Å². The van der Waals surface area contributed by atoms with Crippen LogP contribution in [-0.4, -0.2) is 36.1 Å². The molecule has 170 valence electrons. The van der Waals surface area contributed by atoms with E-state index in [0.29, 0.717) is 12.8 Å². The molecule has 0 aromatic carbocycles. The van der Waals surface area contributed by atoms with E-state index < -0.39 is 29.2 Å². The summed E-state index contributed by atoms with van der Waals surface area (Å²) < 4.78 is 22.5. The molecule has 0 amide bonds. The van der Waals surface area contributed by atoms with Gasteiger partial charge < -0.3 is 18.9 Å². The molecule has 0 aliphatic carbocycles. The number of hydrogen-bond donors (Lipinski definition) is 0. The van der Waals surface area contributed by atoms with Gasteiger partial charge in [0.05, 0.1) is 32.0 Å². The molecular weight excluding hydrogens is 412 g/mol. The number of aromatic nitrogens is 2. The van der Waals surface area contributed by atoms with Crippen molar-refractivity contribution in [2.45, 2.75) is 64.4 Å². The SMILES string of the molecule is CCC1(C)OC(c2cnc(C(=O)OC)c3c2C(C)(CC)OC3)c2cnc(C(=O)OC)cc21. The first kappa shape index (κ1) is 22.4. The summed E-state index contributed by atoms with van der Waals surface area (Å²) in [6.07, 6.45) is 4.29. The van der Waals surface area contributed by atoms with Gasteiger partial charge in [-0.15, -0.1) is 0 Å². The standard InChI is InChI=1S/C24H28N2O6/c1-7-23(3)16-9-17(21(27)29-5)25-10-13(16)20(32-23)14-11-26-19(22(28)30-6)15-12-31-24(4,8-2)18(14)15/h9-11,20H,7-8,12H2,1-6H3. The maximum Gasteiger partial charge on any atom is 0.357 e. The highest BCUT2D eigenvalue weighted by molar-refractivity contribution is 5.90. The average molecular weight is 440 g/mol. The molecular formula is C24H28N2O6. The molecule has 3 unspecified atom stereocenters. The van der Waals surface area contributed by atoms with E-state index in [0.717, 1.165) is 27.8 Å². The minimum Gasteiger partial charge on any atom is -0.464 e. The predicted octanol–water partition coefficient (Wildman–Crippen LogP) is 3.95. The predicted molar refractivity (Wildman–Crippen MR) is 114 cm³/mol. The molecule has 0 fully saturated rings. The highest BCUT2D eigenvalue weighted by Gasteiger charge is 2.47. The first-order valence-corrected chi connectivity index (χ1v) is 10.7. The van der Waals surface area contributed by atoms with E-state index in [-0.39, 0.29) is 18.0 Å². The lowest BCUT2D eigenvalue weighted by molar-refractivity contribution is -0.0549. The van der Waals surface area contributed by atoms with Crippen molar-refractivity contribution < 1.29 is 28.5 Å². The molecule has 0 saturated carbocycles. The van der Waals surface area contributed by atoms with Gasteiger partial charge in [0.25, 0.3) is 0 Å². The van der Waals surface area contributed by atoms with Crippen molar-refractivity contribution in [2.24, 2.45) is 0 Å². The van der Waals surface area contributed by atoms with Crippen LogP contribution in [0.15, 0.2) is 18.5 Å². The third kappa shape index (κ3) is 3.20. The Balaban J connectivity index is 1.92. The second-order valence-corrected chi connectivity index (χ2v) is 8.51. The molecule has 0 radical (unpaired) electrons. The van der Waals surface area contributed by atoms with Crippen molar-refractivity contribution in [2.75, 3.05) is 14.2 Å². The number of ether oxygens (including phenoxy) is 4. The molecule has 0 bridgehead atoms. The lowest BCUT2D eigenvalue weighted by Gasteiger charge is -2.29. The van der Waals surface area contributed by atoms with Crippen LogP contribution in [0.3, 0.4) is 0 Å². The topological polar surface area (TPSA) is 96.8 Å². The van der Waals surface area contributed by atoms with E-state index in [4.69, 9.17) is 18.9 Å². The van der Waals surface area contributed by atoms with Gasteiger partial charge in [-0.05, 0) is 43.9 Å². The zero-order valence-corrected chi connectivity index (χ0v) is 19.3. The number of methoxy groups -OCH3 is 2. The lowest BCUT2D eigenvalue weighted by Crippen LogP contribution is -2.24. The van der Waals surface area contributed by atoms with Crippen molar-refractivity contribution in [1.82, 2.24) is 9.97 Å². The quantitative estimate of drug-likeness (QED) is 0.645. The molecule has 4 rings (SSSR count). The smallest absolute Gasteiger partial charge is 0.357 e. The van der Waals surface area contributed by atoms with Crippen LogP contribution in [0.25, 0.3) is 0 Å². The van der Waals surface area contributed by atoms with Gasteiger partial charge in [-0.3, -0.25) is 0 Å². The van der Waals surface area contributed by atoms with E-state index >= 15 is 0 Å². The van der Waals surface area contributed by atoms with E-state index in [1.54, 1.807) is 18.5 Å². The molecule has 0 N–H and O–H groups in total. The summed E-state index contributed by atoms with van der Waals surface area (Å²) in [7, 11) is 2.67. The Labute approximate surface area is 187 Å². The van der Waals surface area contributed by atoms with Gasteiger partial charge in [-0.25, -0.2) is 19.6 Å². The Bertz CT molecular complexity index is 1100. The molecule has 32 heavy (non-hydrogen) atoms. The minimum atomic E-state index is -0.623. The molecule has 2 aromatic heterocycles. The number of esters is 2. The molecule has 0 saturated heterocycles. The third-order valence-electron chi connectivity index (χ3n) is 6.84. The molecule has 8 heteroatoms. The first-order chi connectivity index (χ1) is 15.2. The fourth-order valence-electron chi connectivity index (χ4n) is 4.63. The lowest BCUT2D eigenvalue weighted by atomic mass is 9.84. The van der Waals surface area contributed by atoms with Crippen LogP contribution in [0.5, 0.6) is 0 Å². The number of nitrogens with zero attached hydrogens (tertiary/aromatic N) is 2. The van der Waals surface area contributed by atoms with Crippen molar-refractivity contribution >= 4 is 11.9 Å². The monoisotopic (exact) mass is 440 g/mol. The van der Waals surface area contributed by atoms with Gasteiger partial charge in [0, 0.05) is 29.1 Å². The largest absolute Gasteiger partial charge is 0.464 e. The Morgan fingerprint density at radius 2 is 1.69 bits per heavy atom. The molecule has 2 aliphatic heterocycles. The fraction of sp³-hybridized carbons (Fsp3) is 0.500. The van der Waals surface area contributed by atoms with E-state index in [9.17, 15) is 9.59 Å². The Kier molecular flexibility index (Phi) is 5.55. The van der Waals surface area contributed by atoms with Crippen LogP contribution in [-0.2, 0) is 36.8 Å². The van der Waals surface area contributed by atoms with Crippen molar-refractivity contribution in [3.63, 3.8) is 0 Å². The zero-order chi connectivity index (χ0) is 23.3. The number of fused-ring (bicyclic) bond motifs is 2. The molecule has 2 aliphatic rings. The minimum absolute atomic E-state index is 0.237. The Morgan fingerprint density at radius 1 is 1.03 bits per heavy atom. The molecule has 3 atom stereocenters. The number of carbonyl (C=O) groups excluding carboxylic acids is 2. The second kappa shape index (κ2) is 7.94. The maximum atomic E-state index is 12.4. The highest BCUT2D eigenvalue weighted by Crippen LogP contribution is 2.52. The summed E-state index contributed by atoms with van der Waals surface area (Å²) in [5.74, 6) is -0.987. The molecule has 2 aromatic rings.